The first-order chi connectivity index (χ1) is 9.95. The average Bonchev–Trinajstić information content (AvgIpc) is 2.80. The Kier molecular flexibility index (Phi) is 4.00. The normalized spacial score (nSPS) is 29.4. The van der Waals surface area contributed by atoms with Crippen molar-refractivity contribution in [2.75, 3.05) is 5.73 Å². The molecule has 3 N–H and O–H groups in total. The van der Waals surface area contributed by atoms with Crippen LogP contribution in [-0.2, 0) is 6.42 Å². The first kappa shape index (κ1) is 14.9. The number of nitrogens with two attached hydrogens (primary N) is 1. The summed E-state index contributed by atoms with van der Waals surface area (Å²) in [5.74, 6) is 0.795. The molecule has 1 aromatic rings. The highest BCUT2D eigenvalue weighted by Crippen LogP contribution is 2.40. The van der Waals surface area contributed by atoms with E-state index in [9.17, 15) is 0 Å². The van der Waals surface area contributed by atoms with Crippen LogP contribution in [0.5, 0.6) is 0 Å². The number of anilines is 1. The zero-order valence-corrected chi connectivity index (χ0v) is 13.8. The van der Waals surface area contributed by atoms with Crippen LogP contribution in [0.4, 0.5) is 5.69 Å². The molecule has 0 radical (unpaired) electrons. The molecule has 1 saturated carbocycles. The largest absolute Gasteiger partial charge is 0.399 e. The Morgan fingerprint density at radius 1 is 1.10 bits per heavy atom. The molecule has 21 heavy (non-hydrogen) atoms. The smallest absolute Gasteiger partial charge is 0.0328 e. The predicted molar refractivity (Wildman–Crippen MR) is 90.3 cm³/mol. The summed E-state index contributed by atoms with van der Waals surface area (Å²) in [6, 6.07) is 7.67. The molecule has 2 heteroatoms. The Hall–Kier alpha value is -1.02. The molecule has 0 spiro atoms. The third kappa shape index (κ3) is 3.11. The van der Waals surface area contributed by atoms with E-state index in [1.54, 1.807) is 0 Å². The SMILES string of the molecule is CC(C)(C)C1CCCCC1NC1CCc2cc(N)ccc21. The van der Waals surface area contributed by atoms with Gasteiger partial charge in [-0.3, -0.25) is 0 Å². The van der Waals surface area contributed by atoms with E-state index in [1.807, 2.05) is 0 Å². The maximum atomic E-state index is 5.92. The lowest BCUT2D eigenvalue weighted by Gasteiger charge is -2.42. The van der Waals surface area contributed by atoms with Crippen molar-refractivity contribution in [1.29, 1.82) is 0 Å². The molecule has 3 rings (SSSR count). The number of benzene rings is 1. The van der Waals surface area contributed by atoms with E-state index in [0.717, 1.165) is 11.6 Å². The number of nitrogens with one attached hydrogen (secondary N) is 1. The van der Waals surface area contributed by atoms with Crippen LogP contribution in [0.25, 0.3) is 0 Å². The van der Waals surface area contributed by atoms with Gasteiger partial charge in [-0.15, -0.1) is 0 Å². The fourth-order valence-electron chi connectivity index (χ4n) is 4.44. The Labute approximate surface area is 129 Å². The van der Waals surface area contributed by atoms with Crippen LogP contribution in [0.1, 0.15) is 70.0 Å². The molecule has 0 aliphatic heterocycles. The van der Waals surface area contributed by atoms with Gasteiger partial charge < -0.3 is 11.1 Å². The molecule has 0 heterocycles. The van der Waals surface area contributed by atoms with Crippen LogP contribution < -0.4 is 11.1 Å². The summed E-state index contributed by atoms with van der Waals surface area (Å²) in [6.07, 6.45) is 7.89. The monoisotopic (exact) mass is 286 g/mol. The Morgan fingerprint density at radius 2 is 1.86 bits per heavy atom. The minimum absolute atomic E-state index is 0.403. The number of hydrogen-bond donors (Lipinski definition) is 2. The standard InChI is InChI=1S/C19H30N2/c1-19(2,3)16-6-4-5-7-18(16)21-17-11-8-13-12-14(20)9-10-15(13)17/h9-10,12,16-18,21H,4-8,11,20H2,1-3H3. The molecule has 1 aromatic carbocycles. The molecule has 3 unspecified atom stereocenters. The minimum atomic E-state index is 0.403. The van der Waals surface area contributed by atoms with Crippen molar-refractivity contribution < 1.29 is 0 Å². The Bertz CT molecular complexity index is 501. The molecular formula is C19H30N2. The minimum Gasteiger partial charge on any atom is -0.399 e. The maximum absolute atomic E-state index is 5.92. The second kappa shape index (κ2) is 5.64. The second-order valence-corrected chi connectivity index (χ2v) is 8.08. The van der Waals surface area contributed by atoms with E-state index < -0.39 is 0 Å². The summed E-state index contributed by atoms with van der Waals surface area (Å²) >= 11 is 0. The molecular weight excluding hydrogens is 256 g/mol. The van der Waals surface area contributed by atoms with Crippen molar-refractivity contribution in [1.82, 2.24) is 5.32 Å². The van der Waals surface area contributed by atoms with Crippen molar-refractivity contribution in [3.63, 3.8) is 0 Å². The van der Waals surface area contributed by atoms with E-state index in [-0.39, 0.29) is 0 Å². The molecule has 1 fully saturated rings. The molecule has 2 aliphatic rings. The van der Waals surface area contributed by atoms with Gasteiger partial charge in [-0.05, 0) is 60.3 Å². The molecule has 2 nitrogen and oxygen atoms in total. The van der Waals surface area contributed by atoms with Gasteiger partial charge in [0.05, 0.1) is 0 Å². The first-order valence-corrected chi connectivity index (χ1v) is 8.59. The van der Waals surface area contributed by atoms with Gasteiger partial charge in [-0.25, -0.2) is 0 Å². The van der Waals surface area contributed by atoms with Crippen LogP contribution in [0.3, 0.4) is 0 Å². The van der Waals surface area contributed by atoms with E-state index in [0.29, 0.717) is 17.5 Å². The van der Waals surface area contributed by atoms with Crippen LogP contribution in [0, 0.1) is 11.3 Å². The van der Waals surface area contributed by atoms with E-state index in [4.69, 9.17) is 5.73 Å². The Balaban J connectivity index is 1.75. The quantitative estimate of drug-likeness (QED) is 0.788. The molecule has 116 valence electrons. The van der Waals surface area contributed by atoms with Gasteiger partial charge in [-0.1, -0.05) is 39.7 Å². The van der Waals surface area contributed by atoms with E-state index >= 15 is 0 Å². The van der Waals surface area contributed by atoms with Crippen LogP contribution >= 0.6 is 0 Å². The number of hydrogen-bond acceptors (Lipinski definition) is 2. The predicted octanol–water partition coefficient (Wildman–Crippen LogP) is 4.45. The highest BCUT2D eigenvalue weighted by atomic mass is 15.0. The summed E-state index contributed by atoms with van der Waals surface area (Å²) in [4.78, 5) is 0. The number of nitrogen functional groups attached to an aromatic ring is 1. The third-order valence-electron chi connectivity index (χ3n) is 5.54. The van der Waals surface area contributed by atoms with Gasteiger partial charge in [0, 0.05) is 17.8 Å². The van der Waals surface area contributed by atoms with Gasteiger partial charge in [-0.2, -0.15) is 0 Å². The lowest BCUT2D eigenvalue weighted by atomic mass is 9.69. The van der Waals surface area contributed by atoms with Crippen molar-refractivity contribution in [2.45, 2.75) is 71.4 Å². The molecule has 2 aliphatic carbocycles. The van der Waals surface area contributed by atoms with Gasteiger partial charge in [0.15, 0.2) is 0 Å². The summed E-state index contributed by atoms with van der Waals surface area (Å²) in [5.41, 5.74) is 10.2. The van der Waals surface area contributed by atoms with Gasteiger partial charge in [0.2, 0.25) is 0 Å². The molecule has 0 aromatic heterocycles. The molecule has 3 atom stereocenters. The van der Waals surface area contributed by atoms with E-state index in [1.165, 1.54) is 49.7 Å². The highest BCUT2D eigenvalue weighted by Gasteiger charge is 2.36. The Morgan fingerprint density at radius 3 is 2.62 bits per heavy atom. The molecule has 0 amide bonds. The van der Waals surface area contributed by atoms with Gasteiger partial charge >= 0.3 is 0 Å². The van der Waals surface area contributed by atoms with Crippen LogP contribution in [-0.4, -0.2) is 6.04 Å². The van der Waals surface area contributed by atoms with Gasteiger partial charge in [0.1, 0.15) is 0 Å². The van der Waals surface area contributed by atoms with Crippen molar-refractivity contribution >= 4 is 5.69 Å². The fourth-order valence-corrected chi connectivity index (χ4v) is 4.44. The fraction of sp³-hybridized carbons (Fsp3) is 0.684. The summed E-state index contributed by atoms with van der Waals surface area (Å²) in [6.45, 7) is 7.21. The topological polar surface area (TPSA) is 38.0 Å². The van der Waals surface area contributed by atoms with Crippen molar-refractivity contribution in [2.24, 2.45) is 11.3 Å². The second-order valence-electron chi connectivity index (χ2n) is 8.08. The van der Waals surface area contributed by atoms with Crippen LogP contribution in [0.15, 0.2) is 18.2 Å². The number of fused-ring (bicyclic) bond motifs is 1. The first-order valence-electron chi connectivity index (χ1n) is 8.59. The zero-order valence-electron chi connectivity index (χ0n) is 13.8. The third-order valence-corrected chi connectivity index (χ3v) is 5.54. The van der Waals surface area contributed by atoms with Crippen LogP contribution in [0.2, 0.25) is 0 Å². The number of rotatable bonds is 2. The molecule has 0 bridgehead atoms. The molecule has 0 saturated heterocycles. The summed E-state index contributed by atoms with van der Waals surface area (Å²) in [7, 11) is 0. The lowest BCUT2D eigenvalue weighted by molar-refractivity contribution is 0.123. The summed E-state index contributed by atoms with van der Waals surface area (Å²) < 4.78 is 0. The maximum Gasteiger partial charge on any atom is 0.0328 e. The van der Waals surface area contributed by atoms with Gasteiger partial charge in [0.25, 0.3) is 0 Å². The number of aryl methyl sites for hydroxylation is 1. The zero-order chi connectivity index (χ0) is 15.0. The lowest BCUT2D eigenvalue weighted by Crippen LogP contribution is -2.45. The van der Waals surface area contributed by atoms with Crippen molar-refractivity contribution in [3.05, 3.63) is 29.3 Å². The van der Waals surface area contributed by atoms with E-state index in [2.05, 4.69) is 44.3 Å². The average molecular weight is 286 g/mol. The summed E-state index contributed by atoms with van der Waals surface area (Å²) in [5, 5.41) is 4.01. The highest BCUT2D eigenvalue weighted by molar-refractivity contribution is 5.47. The van der Waals surface area contributed by atoms with Crippen molar-refractivity contribution in [3.8, 4) is 0 Å².